The van der Waals surface area contributed by atoms with Gasteiger partial charge in [-0.2, -0.15) is 0 Å². The van der Waals surface area contributed by atoms with E-state index in [9.17, 15) is 4.79 Å². The Balaban J connectivity index is 1.96. The van der Waals surface area contributed by atoms with Crippen molar-refractivity contribution in [2.45, 2.75) is 64.0 Å². The molecule has 1 aliphatic heterocycles. The minimum atomic E-state index is -1.99. The Labute approximate surface area is 179 Å². The van der Waals surface area contributed by atoms with Crippen molar-refractivity contribution in [2.75, 3.05) is 0 Å². The second-order valence-corrected chi connectivity index (χ2v) is 13.5. The number of fused-ring (bicyclic) bond motifs is 3. The van der Waals surface area contributed by atoms with Crippen molar-refractivity contribution in [3.05, 3.63) is 76.1 Å². The number of hydrogen-bond donors (Lipinski definition) is 0. The van der Waals surface area contributed by atoms with Crippen molar-refractivity contribution in [1.29, 1.82) is 0 Å². The van der Waals surface area contributed by atoms with E-state index in [1.54, 1.807) is 0 Å². The van der Waals surface area contributed by atoms with Crippen LogP contribution in [0.2, 0.25) is 19.6 Å². The van der Waals surface area contributed by atoms with Crippen LogP contribution in [0.25, 0.3) is 11.0 Å². The summed E-state index contributed by atoms with van der Waals surface area (Å²) in [4.78, 5) is 13.0. The Kier molecular flexibility index (Phi) is 5.60. The molecule has 4 nitrogen and oxygen atoms in total. The minimum absolute atomic E-state index is 0.0195. The van der Waals surface area contributed by atoms with Crippen molar-refractivity contribution < 1.29 is 13.6 Å². The number of benzene rings is 2. The van der Waals surface area contributed by atoms with Gasteiger partial charge in [-0.25, -0.2) is 4.79 Å². The van der Waals surface area contributed by atoms with Gasteiger partial charge >= 0.3 is 5.63 Å². The zero-order valence-corrected chi connectivity index (χ0v) is 19.2. The molecule has 0 fully saturated rings. The van der Waals surface area contributed by atoms with E-state index in [1.807, 2.05) is 42.5 Å². The molecule has 2 atom stereocenters. The summed E-state index contributed by atoms with van der Waals surface area (Å²) in [5.74, 6) is -0.268. The van der Waals surface area contributed by atoms with Crippen LogP contribution in [0.5, 0.6) is 5.75 Å². The summed E-state index contributed by atoms with van der Waals surface area (Å²) in [5, 5.41) is 0.827. The van der Waals surface area contributed by atoms with E-state index < -0.39 is 14.1 Å². The first-order valence-corrected chi connectivity index (χ1v) is 14.2. The van der Waals surface area contributed by atoms with Crippen molar-refractivity contribution in [3.63, 3.8) is 0 Å². The molecule has 0 radical (unpaired) electrons. The Bertz CT molecular complexity index is 1080. The van der Waals surface area contributed by atoms with Crippen LogP contribution < -0.4 is 10.4 Å². The molecule has 0 bridgehead atoms. The smallest absolute Gasteiger partial charge is 0.343 e. The van der Waals surface area contributed by atoms with E-state index in [-0.39, 0.29) is 11.5 Å². The Hall–Kier alpha value is -2.37. The average molecular weight is 423 g/mol. The molecule has 0 saturated carbocycles. The second-order valence-electron chi connectivity index (χ2n) is 9.11. The highest BCUT2D eigenvalue weighted by Crippen LogP contribution is 2.50. The molecule has 158 valence electrons. The Morgan fingerprint density at radius 2 is 1.77 bits per heavy atom. The standard InChI is InChI=1S/C25H30O4Si/c1-5-6-12-18-17-25(29-30(2,3)4,19-13-8-7-9-14-19)28-23-20-15-10-11-16-21(20)27-24(26)22(18)23/h7-11,13-16,18H,5-6,12,17H2,1-4H3/t18-,25-/m1/s1. The van der Waals surface area contributed by atoms with Crippen LogP contribution in [0.15, 0.2) is 63.8 Å². The molecule has 5 heteroatoms. The van der Waals surface area contributed by atoms with Gasteiger partial charge in [0.2, 0.25) is 5.79 Å². The first kappa shape index (κ1) is 20.9. The zero-order chi connectivity index (χ0) is 21.4. The van der Waals surface area contributed by atoms with Gasteiger partial charge in [-0.15, -0.1) is 0 Å². The van der Waals surface area contributed by atoms with E-state index in [2.05, 4.69) is 38.7 Å². The van der Waals surface area contributed by atoms with Crippen LogP contribution >= 0.6 is 0 Å². The predicted octanol–water partition coefficient (Wildman–Crippen LogP) is 6.55. The number of unbranched alkanes of at least 4 members (excludes halogenated alkanes) is 1. The molecular formula is C25H30O4Si. The van der Waals surface area contributed by atoms with Crippen LogP contribution in [0.4, 0.5) is 0 Å². The first-order valence-electron chi connectivity index (χ1n) is 10.8. The van der Waals surface area contributed by atoms with Crippen LogP contribution in [-0.2, 0) is 10.2 Å². The molecule has 2 aromatic carbocycles. The summed E-state index contributed by atoms with van der Waals surface area (Å²) in [6, 6.07) is 17.8. The first-order chi connectivity index (χ1) is 14.3. The summed E-state index contributed by atoms with van der Waals surface area (Å²) in [6.07, 6.45) is 3.62. The summed E-state index contributed by atoms with van der Waals surface area (Å²) in [6.45, 7) is 8.70. The molecular weight excluding hydrogens is 392 g/mol. The molecule has 4 rings (SSSR count). The lowest BCUT2D eigenvalue weighted by Crippen LogP contribution is -2.48. The lowest BCUT2D eigenvalue weighted by atomic mass is 9.82. The number of hydrogen-bond acceptors (Lipinski definition) is 4. The quantitative estimate of drug-likeness (QED) is 0.334. The third-order valence-electron chi connectivity index (χ3n) is 5.58. The molecule has 0 spiro atoms. The maximum Gasteiger partial charge on any atom is 0.343 e. The van der Waals surface area contributed by atoms with Gasteiger partial charge in [0.1, 0.15) is 11.3 Å². The fourth-order valence-corrected chi connectivity index (χ4v) is 5.64. The molecule has 1 aromatic heterocycles. The molecule has 30 heavy (non-hydrogen) atoms. The van der Waals surface area contributed by atoms with Crippen LogP contribution in [-0.4, -0.2) is 8.32 Å². The van der Waals surface area contributed by atoms with E-state index in [1.165, 1.54) is 0 Å². The van der Waals surface area contributed by atoms with Crippen LogP contribution in [0, 0.1) is 0 Å². The van der Waals surface area contributed by atoms with Crippen molar-refractivity contribution >= 4 is 19.3 Å². The normalized spacial score (nSPS) is 21.3. The van der Waals surface area contributed by atoms with Gasteiger partial charge < -0.3 is 13.6 Å². The van der Waals surface area contributed by atoms with Gasteiger partial charge in [-0.05, 0) is 38.2 Å². The number of ether oxygens (including phenoxy) is 1. The van der Waals surface area contributed by atoms with Crippen LogP contribution in [0.3, 0.4) is 0 Å². The van der Waals surface area contributed by atoms with Gasteiger partial charge in [0, 0.05) is 17.9 Å². The molecule has 0 amide bonds. The van der Waals surface area contributed by atoms with E-state index in [0.29, 0.717) is 23.3 Å². The van der Waals surface area contributed by atoms with Crippen LogP contribution in [0.1, 0.15) is 49.7 Å². The highest BCUT2D eigenvalue weighted by Gasteiger charge is 2.47. The monoisotopic (exact) mass is 422 g/mol. The summed E-state index contributed by atoms with van der Waals surface area (Å²) >= 11 is 0. The van der Waals surface area contributed by atoms with Gasteiger partial charge in [-0.1, -0.05) is 62.2 Å². The highest BCUT2D eigenvalue weighted by molar-refractivity contribution is 6.69. The molecule has 0 aliphatic carbocycles. The van der Waals surface area contributed by atoms with Crippen molar-refractivity contribution in [3.8, 4) is 5.75 Å². The minimum Gasteiger partial charge on any atom is -0.458 e. The third-order valence-corrected chi connectivity index (χ3v) is 6.52. The van der Waals surface area contributed by atoms with Gasteiger partial charge in [0.05, 0.1) is 10.9 Å². The second kappa shape index (κ2) is 8.04. The SMILES string of the molecule is CCCC[C@@H]1C[C@@](O[Si](C)(C)C)(c2ccccc2)Oc2c1c(=O)oc1ccccc21. The van der Waals surface area contributed by atoms with Gasteiger partial charge in [0.15, 0.2) is 8.32 Å². The maximum atomic E-state index is 13.0. The van der Waals surface area contributed by atoms with Crippen molar-refractivity contribution in [1.82, 2.24) is 0 Å². The van der Waals surface area contributed by atoms with Gasteiger partial charge in [-0.3, -0.25) is 0 Å². The molecule has 2 heterocycles. The summed E-state index contributed by atoms with van der Waals surface area (Å²) in [7, 11) is -1.99. The summed E-state index contributed by atoms with van der Waals surface area (Å²) in [5.41, 5.74) is 1.91. The molecule has 1 aliphatic rings. The lowest BCUT2D eigenvalue weighted by molar-refractivity contribution is -0.148. The fraction of sp³-hybridized carbons (Fsp3) is 0.400. The number of para-hydroxylation sites is 1. The number of rotatable bonds is 6. The topological polar surface area (TPSA) is 48.7 Å². The Morgan fingerprint density at radius 1 is 1.07 bits per heavy atom. The lowest BCUT2D eigenvalue weighted by Gasteiger charge is -2.45. The fourth-order valence-electron chi connectivity index (χ4n) is 4.41. The summed E-state index contributed by atoms with van der Waals surface area (Å²) < 4.78 is 19.2. The average Bonchev–Trinajstić information content (AvgIpc) is 2.71. The largest absolute Gasteiger partial charge is 0.458 e. The van der Waals surface area contributed by atoms with E-state index >= 15 is 0 Å². The molecule has 0 unspecified atom stereocenters. The predicted molar refractivity (Wildman–Crippen MR) is 123 cm³/mol. The third kappa shape index (κ3) is 3.96. The van der Waals surface area contributed by atoms with E-state index in [0.717, 1.165) is 30.2 Å². The maximum absolute atomic E-state index is 13.0. The zero-order valence-electron chi connectivity index (χ0n) is 18.2. The Morgan fingerprint density at radius 3 is 2.47 bits per heavy atom. The molecule has 3 aromatic rings. The van der Waals surface area contributed by atoms with Gasteiger partial charge in [0.25, 0.3) is 0 Å². The highest BCUT2D eigenvalue weighted by atomic mass is 28.4. The van der Waals surface area contributed by atoms with E-state index in [4.69, 9.17) is 13.6 Å². The molecule has 0 N–H and O–H groups in total. The molecule has 0 saturated heterocycles. The van der Waals surface area contributed by atoms with Crippen molar-refractivity contribution in [2.24, 2.45) is 0 Å².